The summed E-state index contributed by atoms with van der Waals surface area (Å²) >= 11 is 0. The molecule has 2 heteroatoms. The van der Waals surface area contributed by atoms with Crippen LogP contribution >= 0.6 is 0 Å². The Labute approximate surface area is 85.7 Å². The Bertz CT molecular complexity index is 261. The van der Waals surface area contributed by atoms with Gasteiger partial charge in [-0.05, 0) is 24.7 Å². The van der Waals surface area contributed by atoms with E-state index in [9.17, 15) is 9.90 Å². The zero-order valence-electron chi connectivity index (χ0n) is 9.18. The lowest BCUT2D eigenvalue weighted by atomic mass is 9.50. The van der Waals surface area contributed by atoms with Crippen molar-refractivity contribution >= 4 is 5.78 Å². The van der Waals surface area contributed by atoms with Gasteiger partial charge in [0.1, 0.15) is 5.78 Å². The molecule has 14 heavy (non-hydrogen) atoms. The molecule has 2 rings (SSSR count). The van der Waals surface area contributed by atoms with Gasteiger partial charge in [0.15, 0.2) is 0 Å². The zero-order valence-corrected chi connectivity index (χ0v) is 9.18. The maximum absolute atomic E-state index is 11.5. The number of carbonyl (C=O) groups excluding carboxylic acids is 1. The second-order valence-corrected chi connectivity index (χ2v) is 5.60. The first-order valence-corrected chi connectivity index (χ1v) is 5.68. The molecular weight excluding hydrogens is 176 g/mol. The van der Waals surface area contributed by atoms with E-state index in [1.165, 1.54) is 6.42 Å². The van der Waals surface area contributed by atoms with E-state index in [-0.39, 0.29) is 16.9 Å². The van der Waals surface area contributed by atoms with Gasteiger partial charge in [0.05, 0.1) is 6.10 Å². The van der Waals surface area contributed by atoms with Crippen LogP contribution in [0.25, 0.3) is 0 Å². The van der Waals surface area contributed by atoms with Crippen molar-refractivity contribution in [3.05, 3.63) is 0 Å². The maximum atomic E-state index is 11.5. The third-order valence-corrected chi connectivity index (χ3v) is 4.84. The average Bonchev–Trinajstić information content (AvgIpc) is 2.11. The number of aliphatic hydroxyl groups is 1. The molecule has 1 N–H and O–H groups in total. The molecule has 0 aliphatic heterocycles. The summed E-state index contributed by atoms with van der Waals surface area (Å²) < 4.78 is 0. The number of rotatable bonds is 0. The molecule has 0 heterocycles. The van der Waals surface area contributed by atoms with Crippen molar-refractivity contribution in [2.24, 2.45) is 10.8 Å². The van der Waals surface area contributed by atoms with Crippen molar-refractivity contribution in [2.45, 2.75) is 58.5 Å². The number of hydrogen-bond donors (Lipinski definition) is 1. The van der Waals surface area contributed by atoms with Crippen LogP contribution in [0.1, 0.15) is 52.4 Å². The topological polar surface area (TPSA) is 37.3 Å². The highest BCUT2D eigenvalue weighted by Gasteiger charge is 2.54. The predicted octanol–water partition coefficient (Wildman–Crippen LogP) is 2.30. The number of carbonyl (C=O) groups is 1. The van der Waals surface area contributed by atoms with Crippen LogP contribution in [-0.4, -0.2) is 17.0 Å². The molecule has 2 aliphatic rings. The zero-order chi connectivity index (χ0) is 10.4. The molecule has 2 aliphatic carbocycles. The standard InChI is InChI=1S/C12H20O2/c1-11-6-3-4-10(14)12(11,2)8-9(13)5-7-11/h10,14H,3-8H2,1-2H3/t10-,11+,12-/m0/s1. The van der Waals surface area contributed by atoms with E-state index in [1.54, 1.807) is 0 Å². The highest BCUT2D eigenvalue weighted by molar-refractivity contribution is 5.80. The second-order valence-electron chi connectivity index (χ2n) is 5.60. The normalized spacial score (nSPS) is 48.8. The molecule has 0 amide bonds. The summed E-state index contributed by atoms with van der Waals surface area (Å²) in [5.41, 5.74) is 0.0408. The Morgan fingerprint density at radius 1 is 1.36 bits per heavy atom. The largest absolute Gasteiger partial charge is 0.393 e. The van der Waals surface area contributed by atoms with Gasteiger partial charge in [-0.2, -0.15) is 0 Å². The van der Waals surface area contributed by atoms with Gasteiger partial charge >= 0.3 is 0 Å². The highest BCUT2D eigenvalue weighted by Crippen LogP contribution is 2.57. The fourth-order valence-corrected chi connectivity index (χ4v) is 3.35. The molecule has 80 valence electrons. The lowest BCUT2D eigenvalue weighted by Crippen LogP contribution is -2.53. The lowest BCUT2D eigenvalue weighted by molar-refractivity contribution is -0.149. The fourth-order valence-electron chi connectivity index (χ4n) is 3.35. The van der Waals surface area contributed by atoms with Crippen molar-refractivity contribution in [3.63, 3.8) is 0 Å². The van der Waals surface area contributed by atoms with E-state index >= 15 is 0 Å². The van der Waals surface area contributed by atoms with Crippen LogP contribution in [0.2, 0.25) is 0 Å². The number of Topliss-reactive ketones (excluding diaryl/α,β-unsaturated/α-hetero) is 1. The lowest BCUT2D eigenvalue weighted by Gasteiger charge is -2.55. The molecule has 0 aromatic heterocycles. The van der Waals surface area contributed by atoms with E-state index < -0.39 is 0 Å². The smallest absolute Gasteiger partial charge is 0.133 e. The third-order valence-electron chi connectivity index (χ3n) is 4.84. The number of aliphatic hydroxyl groups excluding tert-OH is 1. The molecule has 0 aromatic rings. The number of fused-ring (bicyclic) bond motifs is 1. The highest BCUT2D eigenvalue weighted by atomic mass is 16.3. The Morgan fingerprint density at radius 2 is 2.07 bits per heavy atom. The van der Waals surface area contributed by atoms with Crippen molar-refractivity contribution in [1.82, 2.24) is 0 Å². The molecule has 0 spiro atoms. The van der Waals surface area contributed by atoms with Crippen molar-refractivity contribution in [2.75, 3.05) is 0 Å². The molecule has 2 saturated carbocycles. The van der Waals surface area contributed by atoms with Crippen LogP contribution in [0, 0.1) is 10.8 Å². The quantitative estimate of drug-likeness (QED) is 0.645. The van der Waals surface area contributed by atoms with Gasteiger partial charge in [0.25, 0.3) is 0 Å². The predicted molar refractivity (Wildman–Crippen MR) is 54.9 cm³/mol. The first-order chi connectivity index (χ1) is 6.48. The van der Waals surface area contributed by atoms with Crippen LogP contribution in [0.4, 0.5) is 0 Å². The molecule has 2 fully saturated rings. The van der Waals surface area contributed by atoms with Crippen molar-refractivity contribution < 1.29 is 9.90 Å². The maximum Gasteiger partial charge on any atom is 0.133 e. The number of ketones is 1. The van der Waals surface area contributed by atoms with Gasteiger partial charge in [-0.15, -0.1) is 0 Å². The van der Waals surface area contributed by atoms with E-state index in [2.05, 4.69) is 13.8 Å². The van der Waals surface area contributed by atoms with E-state index in [4.69, 9.17) is 0 Å². The fraction of sp³-hybridized carbons (Fsp3) is 0.917. The first kappa shape index (κ1) is 10.2. The molecule has 3 atom stereocenters. The summed E-state index contributed by atoms with van der Waals surface area (Å²) in [6.07, 6.45) is 5.17. The van der Waals surface area contributed by atoms with E-state index in [0.29, 0.717) is 12.2 Å². The summed E-state index contributed by atoms with van der Waals surface area (Å²) in [7, 11) is 0. The Hall–Kier alpha value is -0.370. The minimum absolute atomic E-state index is 0.152. The van der Waals surface area contributed by atoms with Crippen LogP contribution in [0.3, 0.4) is 0 Å². The van der Waals surface area contributed by atoms with E-state index in [1.807, 2.05) is 0 Å². The van der Waals surface area contributed by atoms with Gasteiger partial charge in [-0.1, -0.05) is 20.3 Å². The van der Waals surface area contributed by atoms with Gasteiger partial charge in [-0.25, -0.2) is 0 Å². The van der Waals surface area contributed by atoms with Gasteiger partial charge < -0.3 is 5.11 Å². The average molecular weight is 196 g/mol. The van der Waals surface area contributed by atoms with Crippen LogP contribution < -0.4 is 0 Å². The van der Waals surface area contributed by atoms with Gasteiger partial charge in [0, 0.05) is 18.3 Å². The Balaban J connectivity index is 2.32. The van der Waals surface area contributed by atoms with Crippen LogP contribution in [-0.2, 0) is 4.79 Å². The number of hydrogen-bond acceptors (Lipinski definition) is 2. The Morgan fingerprint density at radius 3 is 2.79 bits per heavy atom. The molecule has 0 radical (unpaired) electrons. The van der Waals surface area contributed by atoms with Crippen molar-refractivity contribution in [1.29, 1.82) is 0 Å². The van der Waals surface area contributed by atoms with Crippen LogP contribution in [0.15, 0.2) is 0 Å². The summed E-state index contributed by atoms with van der Waals surface area (Å²) in [6, 6.07) is 0. The molecule has 0 aromatic carbocycles. The second kappa shape index (κ2) is 3.06. The summed E-state index contributed by atoms with van der Waals surface area (Å²) in [5.74, 6) is 0.339. The monoisotopic (exact) mass is 196 g/mol. The summed E-state index contributed by atoms with van der Waals surface area (Å²) in [5, 5.41) is 10.1. The SMILES string of the molecule is C[C@]12CCC[C@H](O)[C@]1(C)CC(=O)CC2. The molecule has 2 nitrogen and oxygen atoms in total. The third kappa shape index (κ3) is 1.23. The Kier molecular flexibility index (Phi) is 2.22. The van der Waals surface area contributed by atoms with Crippen LogP contribution in [0.5, 0.6) is 0 Å². The molecule has 0 unspecified atom stereocenters. The summed E-state index contributed by atoms with van der Waals surface area (Å²) in [6.45, 7) is 4.36. The first-order valence-electron chi connectivity index (χ1n) is 5.68. The minimum atomic E-state index is -0.273. The minimum Gasteiger partial charge on any atom is -0.393 e. The molecule has 0 saturated heterocycles. The molecular formula is C12H20O2. The van der Waals surface area contributed by atoms with Gasteiger partial charge in [0.2, 0.25) is 0 Å². The van der Waals surface area contributed by atoms with E-state index in [0.717, 1.165) is 25.7 Å². The summed E-state index contributed by atoms with van der Waals surface area (Å²) in [4.78, 5) is 11.5. The van der Waals surface area contributed by atoms with Gasteiger partial charge in [-0.3, -0.25) is 4.79 Å². The van der Waals surface area contributed by atoms with Crippen molar-refractivity contribution in [3.8, 4) is 0 Å². The molecule has 0 bridgehead atoms.